The second-order valence-electron chi connectivity index (χ2n) is 7.16. The van der Waals surface area contributed by atoms with Gasteiger partial charge in [-0.25, -0.2) is 0 Å². The van der Waals surface area contributed by atoms with Crippen LogP contribution in [0.5, 0.6) is 0 Å². The Morgan fingerprint density at radius 3 is 2.74 bits per heavy atom. The number of H-pyrrole nitrogens is 1. The van der Waals surface area contributed by atoms with Gasteiger partial charge in [-0.1, -0.05) is 25.7 Å². The van der Waals surface area contributed by atoms with Crippen molar-refractivity contribution in [3.8, 4) is 0 Å². The zero-order chi connectivity index (χ0) is 19.2. The molecule has 2 N–H and O–H groups in total. The van der Waals surface area contributed by atoms with E-state index >= 15 is 0 Å². The van der Waals surface area contributed by atoms with Crippen molar-refractivity contribution >= 4 is 29.0 Å². The van der Waals surface area contributed by atoms with Gasteiger partial charge in [-0.3, -0.25) is 14.2 Å². The molecule has 1 saturated carbocycles. The van der Waals surface area contributed by atoms with Gasteiger partial charge in [0.05, 0.1) is 10.9 Å². The van der Waals surface area contributed by atoms with E-state index in [-0.39, 0.29) is 17.5 Å². The van der Waals surface area contributed by atoms with Crippen LogP contribution in [0.3, 0.4) is 0 Å². The van der Waals surface area contributed by atoms with Crippen LogP contribution in [-0.2, 0) is 11.3 Å². The number of rotatable bonds is 6. The monoisotopic (exact) mass is 389 g/mol. The SMILES string of the molecule is COCCCn1c(=S)[nH]c2cc(C(=O)NC3CCCCCC3)ccc2c1=O. The van der Waals surface area contributed by atoms with E-state index in [2.05, 4.69) is 10.3 Å². The third-order valence-electron chi connectivity index (χ3n) is 5.16. The number of nitrogens with one attached hydrogen (secondary N) is 2. The van der Waals surface area contributed by atoms with Crippen LogP contribution in [-0.4, -0.2) is 35.2 Å². The highest BCUT2D eigenvalue weighted by molar-refractivity contribution is 7.71. The van der Waals surface area contributed by atoms with Crippen LogP contribution in [0.15, 0.2) is 23.0 Å². The van der Waals surface area contributed by atoms with Crippen molar-refractivity contribution in [1.29, 1.82) is 0 Å². The third kappa shape index (κ3) is 4.84. The number of ether oxygens (including phenoxy) is 1. The van der Waals surface area contributed by atoms with Crippen molar-refractivity contribution in [3.05, 3.63) is 38.9 Å². The number of benzene rings is 1. The molecule has 1 aromatic carbocycles. The predicted molar refractivity (Wildman–Crippen MR) is 109 cm³/mol. The fraction of sp³-hybridized carbons (Fsp3) is 0.550. The molecular formula is C20H27N3O3S. The Hall–Kier alpha value is -1.99. The van der Waals surface area contributed by atoms with Crippen molar-refractivity contribution in [2.45, 2.75) is 57.5 Å². The summed E-state index contributed by atoms with van der Waals surface area (Å²) in [6, 6.07) is 5.38. The Kier molecular flexibility index (Phi) is 6.79. The normalized spacial score (nSPS) is 15.6. The summed E-state index contributed by atoms with van der Waals surface area (Å²) in [6.07, 6.45) is 7.60. The zero-order valence-corrected chi connectivity index (χ0v) is 16.6. The first kappa shape index (κ1) is 19.8. The third-order valence-corrected chi connectivity index (χ3v) is 5.49. The molecule has 1 aliphatic carbocycles. The maximum absolute atomic E-state index is 12.7. The Balaban J connectivity index is 1.82. The molecule has 0 unspecified atom stereocenters. The van der Waals surface area contributed by atoms with Crippen LogP contribution in [0.25, 0.3) is 10.9 Å². The molecule has 2 aromatic rings. The number of carbonyl (C=O) groups is 1. The van der Waals surface area contributed by atoms with E-state index < -0.39 is 0 Å². The molecule has 3 rings (SSSR count). The molecular weight excluding hydrogens is 362 g/mol. The quantitative estimate of drug-likeness (QED) is 0.450. The first-order valence-electron chi connectivity index (χ1n) is 9.67. The Morgan fingerprint density at radius 2 is 2.04 bits per heavy atom. The van der Waals surface area contributed by atoms with Crippen LogP contribution in [0.4, 0.5) is 0 Å². The molecule has 0 bridgehead atoms. The highest BCUT2D eigenvalue weighted by Crippen LogP contribution is 2.18. The van der Waals surface area contributed by atoms with E-state index in [0.717, 1.165) is 12.8 Å². The zero-order valence-electron chi connectivity index (χ0n) is 15.8. The lowest BCUT2D eigenvalue weighted by Crippen LogP contribution is -2.34. The standard InChI is InChI=1S/C20H27N3O3S/c1-26-12-6-11-23-19(25)16-10-9-14(13-17(16)22-20(23)27)18(24)21-15-7-4-2-3-5-8-15/h9-10,13,15H,2-8,11-12H2,1H3,(H,21,24)(H,22,27). The highest BCUT2D eigenvalue weighted by atomic mass is 32.1. The largest absolute Gasteiger partial charge is 0.385 e. The summed E-state index contributed by atoms with van der Waals surface area (Å²) in [4.78, 5) is 28.4. The van der Waals surface area contributed by atoms with E-state index in [4.69, 9.17) is 17.0 Å². The van der Waals surface area contributed by atoms with Crippen molar-refractivity contribution < 1.29 is 9.53 Å². The van der Waals surface area contributed by atoms with Gasteiger partial charge >= 0.3 is 0 Å². The summed E-state index contributed by atoms with van der Waals surface area (Å²) in [7, 11) is 1.63. The van der Waals surface area contributed by atoms with Crippen LogP contribution in [0, 0.1) is 4.77 Å². The van der Waals surface area contributed by atoms with Gasteiger partial charge in [0, 0.05) is 31.9 Å². The van der Waals surface area contributed by atoms with Crippen molar-refractivity contribution in [2.75, 3.05) is 13.7 Å². The molecule has 0 radical (unpaired) electrons. The molecule has 0 aliphatic heterocycles. The fourth-order valence-electron chi connectivity index (χ4n) is 3.66. The number of hydrogen-bond acceptors (Lipinski definition) is 4. The molecule has 1 fully saturated rings. The molecule has 0 atom stereocenters. The van der Waals surface area contributed by atoms with Crippen LogP contribution in [0.1, 0.15) is 55.3 Å². The van der Waals surface area contributed by atoms with Crippen LogP contribution < -0.4 is 10.9 Å². The van der Waals surface area contributed by atoms with E-state index in [1.54, 1.807) is 29.9 Å². The lowest BCUT2D eigenvalue weighted by atomic mass is 10.1. The summed E-state index contributed by atoms with van der Waals surface area (Å²) >= 11 is 5.34. The van der Waals surface area contributed by atoms with Gasteiger partial charge in [0.15, 0.2) is 4.77 Å². The fourth-order valence-corrected chi connectivity index (χ4v) is 3.94. The molecule has 1 aliphatic rings. The number of hydrogen-bond donors (Lipinski definition) is 2. The van der Waals surface area contributed by atoms with Gasteiger partial charge in [0.1, 0.15) is 0 Å². The molecule has 1 amide bonds. The number of nitrogens with zero attached hydrogens (tertiary/aromatic N) is 1. The Labute approximate surface area is 163 Å². The second-order valence-corrected chi connectivity index (χ2v) is 7.54. The number of fused-ring (bicyclic) bond motifs is 1. The van der Waals surface area contributed by atoms with Crippen LogP contribution in [0.2, 0.25) is 0 Å². The molecule has 6 nitrogen and oxygen atoms in total. The minimum absolute atomic E-state index is 0.0904. The summed E-state index contributed by atoms with van der Waals surface area (Å²) in [5, 5.41) is 3.67. The van der Waals surface area contributed by atoms with Gasteiger partial charge in [0.25, 0.3) is 11.5 Å². The van der Waals surface area contributed by atoms with Crippen molar-refractivity contribution in [1.82, 2.24) is 14.9 Å². The van der Waals surface area contributed by atoms with Crippen molar-refractivity contribution in [3.63, 3.8) is 0 Å². The van der Waals surface area contributed by atoms with Gasteiger partial charge < -0.3 is 15.0 Å². The highest BCUT2D eigenvalue weighted by Gasteiger charge is 2.16. The van der Waals surface area contributed by atoms with Gasteiger partial charge in [-0.05, 0) is 49.7 Å². The maximum atomic E-state index is 12.7. The van der Waals surface area contributed by atoms with E-state index in [9.17, 15) is 9.59 Å². The Morgan fingerprint density at radius 1 is 1.30 bits per heavy atom. The van der Waals surface area contributed by atoms with Gasteiger partial charge in [0.2, 0.25) is 0 Å². The summed E-state index contributed by atoms with van der Waals surface area (Å²) in [6.45, 7) is 1.07. The summed E-state index contributed by atoms with van der Waals surface area (Å²) in [5.74, 6) is -0.0904. The number of aromatic nitrogens is 2. The molecule has 146 valence electrons. The van der Waals surface area contributed by atoms with E-state index in [1.807, 2.05) is 0 Å². The average molecular weight is 390 g/mol. The van der Waals surface area contributed by atoms with Crippen molar-refractivity contribution in [2.24, 2.45) is 0 Å². The number of amides is 1. The lowest BCUT2D eigenvalue weighted by Gasteiger charge is -2.16. The first-order chi connectivity index (χ1) is 13.1. The Bertz CT molecular complexity index is 911. The molecule has 27 heavy (non-hydrogen) atoms. The summed E-state index contributed by atoms with van der Waals surface area (Å²) < 4.78 is 6.95. The van der Waals surface area contributed by atoms with E-state index in [0.29, 0.717) is 40.8 Å². The summed E-state index contributed by atoms with van der Waals surface area (Å²) in [5.41, 5.74) is 1.01. The number of carbonyl (C=O) groups excluding carboxylic acids is 1. The topological polar surface area (TPSA) is 76.1 Å². The first-order valence-corrected chi connectivity index (χ1v) is 10.1. The second kappa shape index (κ2) is 9.28. The molecule has 7 heteroatoms. The molecule has 1 aromatic heterocycles. The average Bonchev–Trinajstić information content (AvgIpc) is 2.92. The maximum Gasteiger partial charge on any atom is 0.262 e. The molecule has 1 heterocycles. The van der Waals surface area contributed by atoms with Gasteiger partial charge in [-0.2, -0.15) is 0 Å². The minimum Gasteiger partial charge on any atom is -0.385 e. The minimum atomic E-state index is -0.138. The number of methoxy groups -OCH3 is 1. The van der Waals surface area contributed by atoms with Crippen LogP contribution >= 0.6 is 12.2 Å². The lowest BCUT2D eigenvalue weighted by molar-refractivity contribution is 0.0933. The predicted octanol–water partition coefficient (Wildman–Crippen LogP) is 3.55. The number of aromatic amines is 1. The van der Waals surface area contributed by atoms with Gasteiger partial charge in [-0.15, -0.1) is 0 Å². The molecule has 0 saturated heterocycles. The smallest absolute Gasteiger partial charge is 0.262 e. The molecule has 0 spiro atoms. The van der Waals surface area contributed by atoms with E-state index in [1.165, 1.54) is 25.7 Å².